The summed E-state index contributed by atoms with van der Waals surface area (Å²) in [6.07, 6.45) is 3.12. The average molecular weight is 350 g/mol. The molecule has 2 rings (SSSR count). The number of hydrogen-bond acceptors (Lipinski definition) is 3. The van der Waals surface area contributed by atoms with E-state index in [1.807, 2.05) is 6.92 Å². The van der Waals surface area contributed by atoms with E-state index >= 15 is 0 Å². The molecule has 0 spiro atoms. The number of carbonyl (C=O) groups excluding carboxylic acids is 2. The first-order chi connectivity index (χ1) is 12.0. The maximum absolute atomic E-state index is 13.1. The minimum atomic E-state index is -0.592. The smallest absolute Gasteiger partial charge is 0.242 e. The minimum absolute atomic E-state index is 0.0630. The molecule has 0 saturated carbocycles. The van der Waals surface area contributed by atoms with Gasteiger partial charge in [-0.1, -0.05) is 19.1 Å². The maximum atomic E-state index is 13.1. The zero-order valence-electron chi connectivity index (χ0n) is 15.0. The van der Waals surface area contributed by atoms with E-state index in [0.717, 1.165) is 25.0 Å². The van der Waals surface area contributed by atoms with Crippen molar-refractivity contribution in [3.8, 4) is 0 Å². The third-order valence-corrected chi connectivity index (χ3v) is 4.43. The fourth-order valence-electron chi connectivity index (χ4n) is 2.89. The monoisotopic (exact) mass is 350 g/mol. The number of rotatable bonds is 8. The van der Waals surface area contributed by atoms with Gasteiger partial charge in [-0.2, -0.15) is 0 Å². The Morgan fingerprint density at radius 3 is 2.68 bits per heavy atom. The van der Waals surface area contributed by atoms with Gasteiger partial charge in [-0.3, -0.25) is 9.59 Å². The van der Waals surface area contributed by atoms with Gasteiger partial charge in [0, 0.05) is 26.1 Å². The van der Waals surface area contributed by atoms with Crippen LogP contribution in [0.2, 0.25) is 0 Å². The first-order valence-electron chi connectivity index (χ1n) is 8.94. The molecule has 1 aliphatic heterocycles. The number of nitrogens with zero attached hydrogens (tertiary/aromatic N) is 1. The van der Waals surface area contributed by atoms with Crippen LogP contribution in [0.25, 0.3) is 0 Å². The molecule has 0 bridgehead atoms. The third kappa shape index (κ3) is 5.81. The number of amides is 2. The Bertz CT molecular complexity index is 571. The molecule has 1 heterocycles. The SMILES string of the molecule is CCCC(=O)N(Cc1ccc(F)cc1)[C@@H](C)C(=O)NC[C@@H]1CCCO1. The fourth-order valence-corrected chi connectivity index (χ4v) is 2.89. The Morgan fingerprint density at radius 2 is 2.08 bits per heavy atom. The van der Waals surface area contributed by atoms with Gasteiger partial charge in [-0.05, 0) is 43.9 Å². The summed E-state index contributed by atoms with van der Waals surface area (Å²) in [6.45, 7) is 5.14. The molecule has 138 valence electrons. The van der Waals surface area contributed by atoms with E-state index in [9.17, 15) is 14.0 Å². The third-order valence-electron chi connectivity index (χ3n) is 4.43. The number of hydrogen-bond donors (Lipinski definition) is 1. The molecule has 1 N–H and O–H groups in total. The van der Waals surface area contributed by atoms with Gasteiger partial charge in [-0.25, -0.2) is 4.39 Å². The predicted molar refractivity (Wildman–Crippen MR) is 93.3 cm³/mol. The van der Waals surface area contributed by atoms with Crippen molar-refractivity contribution in [3.63, 3.8) is 0 Å². The van der Waals surface area contributed by atoms with Gasteiger partial charge in [0.05, 0.1) is 6.10 Å². The summed E-state index contributed by atoms with van der Waals surface area (Å²) in [5, 5.41) is 2.88. The van der Waals surface area contributed by atoms with Crippen LogP contribution in [0.15, 0.2) is 24.3 Å². The van der Waals surface area contributed by atoms with Gasteiger partial charge in [0.25, 0.3) is 0 Å². The molecule has 1 aromatic rings. The second-order valence-corrected chi connectivity index (χ2v) is 6.45. The lowest BCUT2D eigenvalue weighted by Gasteiger charge is -2.29. The molecule has 1 aromatic carbocycles. The molecule has 25 heavy (non-hydrogen) atoms. The summed E-state index contributed by atoms with van der Waals surface area (Å²) in [6, 6.07) is 5.40. The molecule has 2 amide bonds. The number of benzene rings is 1. The highest BCUT2D eigenvalue weighted by molar-refractivity contribution is 5.87. The Balaban J connectivity index is 2.00. The molecular formula is C19H27FN2O3. The van der Waals surface area contributed by atoms with Crippen molar-refractivity contribution in [2.45, 2.75) is 58.2 Å². The molecule has 0 aromatic heterocycles. The molecule has 1 fully saturated rings. The van der Waals surface area contributed by atoms with Crippen LogP contribution < -0.4 is 5.32 Å². The summed E-state index contributed by atoms with van der Waals surface area (Å²) in [7, 11) is 0. The van der Waals surface area contributed by atoms with Crippen LogP contribution in [-0.4, -0.2) is 42.0 Å². The van der Waals surface area contributed by atoms with Crippen LogP contribution in [-0.2, 0) is 20.9 Å². The molecular weight excluding hydrogens is 323 g/mol. The molecule has 1 saturated heterocycles. The van der Waals surface area contributed by atoms with Crippen molar-refractivity contribution in [2.75, 3.05) is 13.2 Å². The molecule has 2 atom stereocenters. The normalized spacial score (nSPS) is 18.0. The van der Waals surface area contributed by atoms with Crippen molar-refractivity contribution < 1.29 is 18.7 Å². The van der Waals surface area contributed by atoms with Crippen molar-refractivity contribution in [1.29, 1.82) is 0 Å². The van der Waals surface area contributed by atoms with Gasteiger partial charge in [0.1, 0.15) is 11.9 Å². The molecule has 1 aliphatic rings. The van der Waals surface area contributed by atoms with Crippen LogP contribution in [0.4, 0.5) is 4.39 Å². The second kappa shape index (κ2) is 9.51. The Labute approximate surface area is 148 Å². The van der Waals surface area contributed by atoms with E-state index in [1.165, 1.54) is 12.1 Å². The largest absolute Gasteiger partial charge is 0.376 e. The minimum Gasteiger partial charge on any atom is -0.376 e. The maximum Gasteiger partial charge on any atom is 0.242 e. The average Bonchev–Trinajstić information content (AvgIpc) is 3.12. The van der Waals surface area contributed by atoms with E-state index in [-0.39, 0.29) is 30.3 Å². The van der Waals surface area contributed by atoms with Crippen LogP contribution in [0, 0.1) is 5.82 Å². The molecule has 0 radical (unpaired) electrons. The van der Waals surface area contributed by atoms with Crippen LogP contribution >= 0.6 is 0 Å². The molecule has 5 nitrogen and oxygen atoms in total. The van der Waals surface area contributed by atoms with Crippen molar-refractivity contribution in [2.24, 2.45) is 0 Å². The van der Waals surface area contributed by atoms with Gasteiger partial charge in [-0.15, -0.1) is 0 Å². The quantitative estimate of drug-likeness (QED) is 0.784. The Hall–Kier alpha value is -1.95. The second-order valence-electron chi connectivity index (χ2n) is 6.45. The summed E-state index contributed by atoms with van der Waals surface area (Å²) < 4.78 is 18.6. The van der Waals surface area contributed by atoms with Gasteiger partial charge in [0.15, 0.2) is 0 Å². The van der Waals surface area contributed by atoms with Crippen molar-refractivity contribution in [3.05, 3.63) is 35.6 Å². The highest BCUT2D eigenvalue weighted by Crippen LogP contribution is 2.14. The van der Waals surface area contributed by atoms with E-state index in [4.69, 9.17) is 4.74 Å². The number of nitrogens with one attached hydrogen (secondary N) is 1. The Morgan fingerprint density at radius 1 is 1.36 bits per heavy atom. The van der Waals surface area contributed by atoms with Crippen molar-refractivity contribution in [1.82, 2.24) is 10.2 Å². The lowest BCUT2D eigenvalue weighted by Crippen LogP contribution is -2.48. The lowest BCUT2D eigenvalue weighted by molar-refractivity contribution is -0.140. The first kappa shape index (κ1) is 19.4. The molecule has 0 aliphatic carbocycles. The standard InChI is InChI=1S/C19H27FN2O3/c1-3-5-18(23)22(13-15-7-9-16(20)10-8-15)14(2)19(24)21-12-17-6-4-11-25-17/h7-10,14,17H,3-6,11-13H2,1-2H3,(H,21,24)/t14-,17-/m0/s1. The number of ether oxygens (including phenoxy) is 1. The zero-order chi connectivity index (χ0) is 18.2. The summed E-state index contributed by atoms with van der Waals surface area (Å²) in [4.78, 5) is 26.5. The van der Waals surface area contributed by atoms with E-state index in [2.05, 4.69) is 5.32 Å². The van der Waals surface area contributed by atoms with Gasteiger partial charge >= 0.3 is 0 Å². The van der Waals surface area contributed by atoms with Gasteiger partial charge in [0.2, 0.25) is 11.8 Å². The summed E-state index contributed by atoms with van der Waals surface area (Å²) in [5.41, 5.74) is 0.796. The van der Waals surface area contributed by atoms with E-state index < -0.39 is 6.04 Å². The lowest BCUT2D eigenvalue weighted by atomic mass is 10.1. The highest BCUT2D eigenvalue weighted by Gasteiger charge is 2.26. The zero-order valence-corrected chi connectivity index (χ0v) is 15.0. The van der Waals surface area contributed by atoms with E-state index in [1.54, 1.807) is 24.0 Å². The first-order valence-corrected chi connectivity index (χ1v) is 8.94. The highest BCUT2D eigenvalue weighted by atomic mass is 19.1. The number of carbonyl (C=O) groups is 2. The number of halogens is 1. The van der Waals surface area contributed by atoms with E-state index in [0.29, 0.717) is 19.4 Å². The predicted octanol–water partition coefficient (Wildman–Crippen LogP) is 2.64. The molecule has 6 heteroatoms. The Kier molecular flexibility index (Phi) is 7.37. The molecule has 0 unspecified atom stereocenters. The summed E-state index contributed by atoms with van der Waals surface area (Å²) >= 11 is 0. The summed E-state index contributed by atoms with van der Waals surface area (Å²) in [5.74, 6) is -0.591. The van der Waals surface area contributed by atoms with Crippen LogP contribution in [0.3, 0.4) is 0 Å². The van der Waals surface area contributed by atoms with Crippen molar-refractivity contribution >= 4 is 11.8 Å². The fraction of sp³-hybridized carbons (Fsp3) is 0.579. The van der Waals surface area contributed by atoms with Crippen LogP contribution in [0.5, 0.6) is 0 Å². The topological polar surface area (TPSA) is 58.6 Å². The van der Waals surface area contributed by atoms with Gasteiger partial charge < -0.3 is 15.0 Å². The van der Waals surface area contributed by atoms with Crippen LogP contribution in [0.1, 0.15) is 45.1 Å².